The highest BCUT2D eigenvalue weighted by molar-refractivity contribution is 7.80. The number of hydrogen-bond acceptors (Lipinski definition) is 15. The van der Waals surface area contributed by atoms with Gasteiger partial charge in [0.05, 0.1) is 18.2 Å². The molecule has 17 N–H and O–H groups in total. The molecule has 8 amide bonds. The highest BCUT2D eigenvalue weighted by Gasteiger charge is 2.36. The van der Waals surface area contributed by atoms with Crippen LogP contribution in [-0.4, -0.2) is 146 Å². The van der Waals surface area contributed by atoms with Crippen molar-refractivity contribution in [2.24, 2.45) is 17.2 Å². The molecule has 10 atom stereocenters. The first-order valence-electron chi connectivity index (χ1n) is 25.0. The third kappa shape index (κ3) is 17.7. The van der Waals surface area contributed by atoms with Crippen molar-refractivity contribution >= 4 is 94.2 Å². The molecule has 4 aromatic carbocycles. The molecule has 0 aliphatic heterocycles. The van der Waals surface area contributed by atoms with Crippen molar-refractivity contribution in [2.75, 3.05) is 18.1 Å². The number of rotatable bonds is 29. The minimum absolute atomic E-state index is 0.0333. The number of unbranched alkanes of at least 4 members (excludes halogenated alkanes) is 1. The second-order valence-corrected chi connectivity index (χ2v) is 19.5. The van der Waals surface area contributed by atoms with Gasteiger partial charge in [0, 0.05) is 41.4 Å². The molecule has 5 aromatic rings. The average Bonchev–Trinajstić information content (AvgIpc) is 3.82. The number of nitrogens with two attached hydrogens (primary N) is 3. The number of aliphatic hydroxyl groups excluding tert-OH is 2. The van der Waals surface area contributed by atoms with E-state index in [0.29, 0.717) is 29.4 Å². The summed E-state index contributed by atoms with van der Waals surface area (Å²) >= 11 is 8.46. The maximum absolute atomic E-state index is 14.7. The van der Waals surface area contributed by atoms with Crippen LogP contribution in [0.1, 0.15) is 49.8 Å². The van der Waals surface area contributed by atoms with Gasteiger partial charge in [0.2, 0.25) is 47.3 Å². The Morgan fingerprint density at radius 2 is 1.06 bits per heavy atom. The third-order valence-corrected chi connectivity index (χ3v) is 13.4. The van der Waals surface area contributed by atoms with Gasteiger partial charge in [-0.2, -0.15) is 25.3 Å². The van der Waals surface area contributed by atoms with Crippen molar-refractivity contribution in [2.45, 2.75) is 113 Å². The molecule has 5 rings (SSSR count). The molecule has 0 unspecified atom stereocenters. The molecule has 0 aliphatic rings. The van der Waals surface area contributed by atoms with Crippen LogP contribution in [-0.2, 0) is 57.6 Å². The number of benzene rings is 4. The number of phenols is 1. The number of thiol groups is 2. The van der Waals surface area contributed by atoms with Crippen molar-refractivity contribution < 1.29 is 53.7 Å². The normalized spacial score (nSPS) is 15.2. The molecule has 0 bridgehead atoms. The van der Waals surface area contributed by atoms with Crippen LogP contribution in [0.25, 0.3) is 21.7 Å². The van der Waals surface area contributed by atoms with Crippen LogP contribution in [0.2, 0.25) is 0 Å². The summed E-state index contributed by atoms with van der Waals surface area (Å²) in [7, 11) is 0. The number of amides is 8. The monoisotopic (exact) mass is 1100 g/mol. The first-order chi connectivity index (χ1) is 36.7. The maximum atomic E-state index is 14.7. The first kappa shape index (κ1) is 60.6. The highest BCUT2D eigenvalue weighted by atomic mass is 32.1. The van der Waals surface area contributed by atoms with Crippen molar-refractivity contribution in [3.63, 3.8) is 0 Å². The summed E-state index contributed by atoms with van der Waals surface area (Å²) in [5.41, 5.74) is 20.0. The van der Waals surface area contributed by atoms with E-state index in [1.165, 1.54) is 38.1 Å². The number of aromatic amines is 1. The van der Waals surface area contributed by atoms with Crippen LogP contribution < -0.4 is 54.4 Å². The number of para-hydroxylation sites is 1. The van der Waals surface area contributed by atoms with E-state index < -0.39 is 108 Å². The van der Waals surface area contributed by atoms with Gasteiger partial charge < -0.3 is 74.7 Å². The number of phenolic OH excluding ortho intramolecular Hbond substituents is 1. The van der Waals surface area contributed by atoms with Crippen LogP contribution in [0.15, 0.2) is 97.2 Å². The van der Waals surface area contributed by atoms with Gasteiger partial charge in [-0.1, -0.05) is 72.8 Å². The molecule has 0 aliphatic carbocycles. The van der Waals surface area contributed by atoms with E-state index in [1.807, 2.05) is 48.5 Å². The number of aliphatic hydroxyl groups is 2. The predicted molar refractivity (Wildman–Crippen MR) is 296 cm³/mol. The molecular weight excluding hydrogens is 1030 g/mol. The summed E-state index contributed by atoms with van der Waals surface area (Å²) in [5, 5.41) is 51.3. The zero-order chi connectivity index (χ0) is 56.3. The Morgan fingerprint density at radius 1 is 0.558 bits per heavy atom. The van der Waals surface area contributed by atoms with Gasteiger partial charge in [-0.25, -0.2) is 0 Å². The summed E-state index contributed by atoms with van der Waals surface area (Å²) in [6, 6.07) is 15.2. The number of nitrogens with one attached hydrogen (secondary N) is 8. The summed E-state index contributed by atoms with van der Waals surface area (Å²) in [4.78, 5) is 113. The van der Waals surface area contributed by atoms with Crippen molar-refractivity contribution in [3.8, 4) is 5.75 Å². The highest BCUT2D eigenvalue weighted by Crippen LogP contribution is 2.21. The van der Waals surface area contributed by atoms with Gasteiger partial charge in [-0.05, 0) is 91.7 Å². The smallest absolute Gasteiger partial charge is 0.245 e. The zero-order valence-corrected chi connectivity index (χ0v) is 44.4. The Labute approximate surface area is 456 Å². The summed E-state index contributed by atoms with van der Waals surface area (Å²) in [6.07, 6.45) is -0.791. The number of H-pyrrole nitrogens is 1. The fourth-order valence-electron chi connectivity index (χ4n) is 8.37. The lowest BCUT2D eigenvalue weighted by Crippen LogP contribution is -2.62. The summed E-state index contributed by atoms with van der Waals surface area (Å²) < 4.78 is 0. The number of aromatic hydroxyl groups is 1. The second kappa shape index (κ2) is 29.3. The Hall–Kier alpha value is -7.22. The lowest BCUT2D eigenvalue weighted by molar-refractivity contribution is -0.137. The van der Waals surface area contributed by atoms with E-state index in [4.69, 9.17) is 17.2 Å². The lowest BCUT2D eigenvalue weighted by Gasteiger charge is -2.28. The first-order valence-corrected chi connectivity index (χ1v) is 26.3. The molecule has 0 saturated carbocycles. The predicted octanol–water partition coefficient (Wildman–Crippen LogP) is -0.989. The molecule has 414 valence electrons. The van der Waals surface area contributed by atoms with Crippen molar-refractivity contribution in [1.82, 2.24) is 42.2 Å². The van der Waals surface area contributed by atoms with Gasteiger partial charge in [0.1, 0.15) is 48.0 Å². The lowest BCUT2D eigenvalue weighted by atomic mass is 10.0. The van der Waals surface area contributed by atoms with E-state index in [9.17, 15) is 53.7 Å². The summed E-state index contributed by atoms with van der Waals surface area (Å²) in [6.45, 7) is 2.65. The van der Waals surface area contributed by atoms with Crippen molar-refractivity contribution in [1.29, 1.82) is 0 Å². The topological polar surface area (TPSA) is 375 Å². The minimum atomic E-state index is -1.72. The molecule has 22 nitrogen and oxygen atoms in total. The Morgan fingerprint density at radius 3 is 1.68 bits per heavy atom. The Bertz CT molecular complexity index is 2850. The van der Waals surface area contributed by atoms with Crippen LogP contribution in [0.5, 0.6) is 5.75 Å². The van der Waals surface area contributed by atoms with E-state index >= 15 is 0 Å². The largest absolute Gasteiger partial charge is 0.508 e. The number of hydrogen-bond donors (Lipinski definition) is 16. The molecule has 24 heteroatoms. The Balaban J connectivity index is 1.39. The van der Waals surface area contributed by atoms with E-state index in [1.54, 1.807) is 24.4 Å². The molecule has 0 saturated heterocycles. The van der Waals surface area contributed by atoms with Gasteiger partial charge in [0.15, 0.2) is 0 Å². The van der Waals surface area contributed by atoms with Crippen LogP contribution in [0.4, 0.5) is 0 Å². The van der Waals surface area contributed by atoms with Gasteiger partial charge in [0.25, 0.3) is 0 Å². The molecule has 1 aromatic heterocycles. The van der Waals surface area contributed by atoms with Crippen LogP contribution >= 0.6 is 25.3 Å². The molecule has 77 heavy (non-hydrogen) atoms. The average molecular weight is 1100 g/mol. The number of fused-ring (bicyclic) bond motifs is 2. The van der Waals surface area contributed by atoms with E-state index in [0.717, 1.165) is 21.9 Å². The van der Waals surface area contributed by atoms with E-state index in [-0.39, 0.29) is 49.5 Å². The Kier molecular flexibility index (Phi) is 23.1. The standard InChI is InChI=1S/C53H69N11O11S2/c1-28(65)44(46(56)68)63-52(74)43(27-77)62-53(75)45(29(2)66)64-48(70)39(13-7-8-20-54)58-50(72)41(24-34-25-57-38-12-6-5-11-36(34)38)60-49(71)40(23-30-15-18-35(67)19-16-30)59-51(73)42(26-76)61-47(69)37(55)22-31-14-17-32-9-3-4-10-33(32)21-31/h3-6,9-12,14-19,21,25,28-29,37,39-45,57,65-67,76-77H,7-8,13,20,22-24,26-27,54-55H2,1-2H3,(H2,56,68)(H,58,72)(H,59,73)(H,60,71)(H,61,69)(H,62,75)(H,63,74)(H,64,70)/t28-,29-,37-,39+,40+,41-,42+,43+,44+,45+/m1/s1. The molecule has 0 spiro atoms. The van der Waals surface area contributed by atoms with Crippen LogP contribution in [0, 0.1) is 0 Å². The number of carbonyl (C=O) groups is 8. The fraction of sp³-hybridized carbons (Fsp3) is 0.396. The number of primary amides is 1. The quantitative estimate of drug-likeness (QED) is 0.0202. The van der Waals surface area contributed by atoms with Crippen molar-refractivity contribution in [3.05, 3.63) is 114 Å². The van der Waals surface area contributed by atoms with Crippen LogP contribution in [0.3, 0.4) is 0 Å². The van der Waals surface area contributed by atoms with Gasteiger partial charge in [-0.3, -0.25) is 38.4 Å². The number of aromatic nitrogens is 1. The SMILES string of the molecule is C[C@@H](O)[C@H](NC(=O)[C@H](CS)NC(=O)[C@@H](NC(=O)[C@H](CCCCN)NC(=O)[C@@H](Cc1c[nH]c2ccccc12)NC(=O)[C@H](Cc1ccc(O)cc1)NC(=O)[C@H](CS)NC(=O)[C@H](N)Cc1ccc2ccccc2c1)[C@@H](C)O)C(N)=O. The minimum Gasteiger partial charge on any atom is -0.508 e. The molecule has 1 heterocycles. The third-order valence-electron chi connectivity index (χ3n) is 12.7. The number of carbonyl (C=O) groups excluding carboxylic acids is 8. The second-order valence-electron chi connectivity index (χ2n) is 18.7. The van der Waals surface area contributed by atoms with E-state index in [2.05, 4.69) is 67.5 Å². The summed E-state index contributed by atoms with van der Waals surface area (Å²) in [5.74, 6) is -7.71. The maximum Gasteiger partial charge on any atom is 0.245 e. The fourth-order valence-corrected chi connectivity index (χ4v) is 8.88. The zero-order valence-electron chi connectivity index (χ0n) is 42.6. The van der Waals surface area contributed by atoms with Gasteiger partial charge in [-0.15, -0.1) is 0 Å². The molecule has 0 radical (unpaired) electrons. The van der Waals surface area contributed by atoms with Gasteiger partial charge >= 0.3 is 0 Å². The molecular formula is C53H69N11O11S2. The molecule has 0 fully saturated rings.